The largest absolute Gasteiger partial charge is 0.504 e. The Balaban J connectivity index is 2.14. The molecule has 21 heavy (non-hydrogen) atoms. The fraction of sp³-hybridized carbons (Fsp3) is 0.133. The third-order valence-corrected chi connectivity index (χ3v) is 3.05. The minimum atomic E-state index is -0.548. The smallest absolute Gasteiger partial charge is 0.251 e. The van der Waals surface area contributed by atoms with Gasteiger partial charge < -0.3 is 26.0 Å². The van der Waals surface area contributed by atoms with Crippen molar-refractivity contribution in [1.29, 1.82) is 0 Å². The average Bonchev–Trinajstić information content (AvgIpc) is 2.51. The van der Waals surface area contributed by atoms with Crippen molar-refractivity contribution in [2.45, 2.75) is 6.54 Å². The van der Waals surface area contributed by atoms with Crippen molar-refractivity contribution in [1.82, 2.24) is 5.32 Å². The van der Waals surface area contributed by atoms with E-state index in [0.29, 0.717) is 16.8 Å². The lowest BCUT2D eigenvalue weighted by molar-refractivity contribution is 0.0963. The Bertz CT molecular complexity index is 671. The molecule has 2 rings (SSSR count). The first-order valence-electron chi connectivity index (χ1n) is 6.31. The predicted molar refractivity (Wildman–Crippen MR) is 78.6 cm³/mol. The predicted octanol–water partition coefficient (Wildman–Crippen LogP) is 1.78. The van der Waals surface area contributed by atoms with E-state index in [2.05, 4.69) is 10.6 Å². The molecule has 0 saturated carbocycles. The summed E-state index contributed by atoms with van der Waals surface area (Å²) in [6, 6.07) is 9.68. The molecular weight excluding hydrogens is 272 g/mol. The van der Waals surface area contributed by atoms with Crippen LogP contribution in [0.1, 0.15) is 15.9 Å². The van der Waals surface area contributed by atoms with Gasteiger partial charge in [0.05, 0.1) is 0 Å². The molecule has 0 saturated heterocycles. The number of aromatic hydroxyl groups is 3. The van der Waals surface area contributed by atoms with Gasteiger partial charge in [0.1, 0.15) is 0 Å². The molecule has 0 fully saturated rings. The Labute approximate surface area is 121 Å². The first kappa shape index (κ1) is 14.5. The number of amides is 1. The van der Waals surface area contributed by atoms with Crippen molar-refractivity contribution < 1.29 is 20.1 Å². The molecule has 6 heteroatoms. The van der Waals surface area contributed by atoms with Crippen LogP contribution in [0, 0.1) is 0 Å². The fourth-order valence-electron chi connectivity index (χ4n) is 1.87. The van der Waals surface area contributed by atoms with E-state index in [1.165, 1.54) is 12.1 Å². The maximum absolute atomic E-state index is 11.5. The third-order valence-electron chi connectivity index (χ3n) is 3.05. The van der Waals surface area contributed by atoms with Crippen LogP contribution in [0.15, 0.2) is 36.4 Å². The van der Waals surface area contributed by atoms with Gasteiger partial charge in [0.2, 0.25) is 5.75 Å². The minimum absolute atomic E-state index is 0.191. The molecule has 0 spiro atoms. The van der Waals surface area contributed by atoms with E-state index < -0.39 is 5.75 Å². The molecule has 0 bridgehead atoms. The quantitative estimate of drug-likeness (QED) is 0.552. The highest BCUT2D eigenvalue weighted by Crippen LogP contribution is 2.37. The highest BCUT2D eigenvalue weighted by molar-refractivity contribution is 5.94. The van der Waals surface area contributed by atoms with Crippen LogP contribution < -0.4 is 10.6 Å². The van der Waals surface area contributed by atoms with E-state index in [-0.39, 0.29) is 24.0 Å². The summed E-state index contributed by atoms with van der Waals surface area (Å²) in [7, 11) is 1.56. The van der Waals surface area contributed by atoms with Crippen molar-refractivity contribution >= 4 is 11.6 Å². The molecule has 0 aromatic heterocycles. The van der Waals surface area contributed by atoms with Gasteiger partial charge in [-0.1, -0.05) is 6.07 Å². The van der Waals surface area contributed by atoms with Gasteiger partial charge >= 0.3 is 0 Å². The number of carbonyl (C=O) groups is 1. The number of phenolic OH excluding ortho intramolecular Hbond substituents is 3. The van der Waals surface area contributed by atoms with Gasteiger partial charge in [-0.15, -0.1) is 0 Å². The summed E-state index contributed by atoms with van der Waals surface area (Å²) in [6.45, 7) is 0.233. The summed E-state index contributed by atoms with van der Waals surface area (Å²) in [4.78, 5) is 11.5. The Morgan fingerprint density at radius 1 is 1.10 bits per heavy atom. The molecule has 0 aliphatic heterocycles. The molecule has 1 amide bonds. The van der Waals surface area contributed by atoms with Gasteiger partial charge in [0.15, 0.2) is 11.5 Å². The van der Waals surface area contributed by atoms with E-state index in [1.54, 1.807) is 31.3 Å². The molecule has 0 atom stereocenters. The lowest BCUT2D eigenvalue weighted by atomic mass is 10.1. The van der Waals surface area contributed by atoms with Crippen LogP contribution >= 0.6 is 0 Å². The van der Waals surface area contributed by atoms with E-state index in [0.717, 1.165) is 0 Å². The van der Waals surface area contributed by atoms with E-state index in [4.69, 9.17) is 0 Å². The first-order valence-corrected chi connectivity index (χ1v) is 6.31. The molecule has 2 aromatic carbocycles. The van der Waals surface area contributed by atoms with Crippen LogP contribution in [0.5, 0.6) is 17.2 Å². The second kappa shape index (κ2) is 6.04. The Morgan fingerprint density at radius 3 is 2.57 bits per heavy atom. The number of carbonyl (C=O) groups excluding carboxylic acids is 1. The zero-order chi connectivity index (χ0) is 15.4. The first-order chi connectivity index (χ1) is 10.0. The summed E-state index contributed by atoms with van der Waals surface area (Å²) >= 11 is 0. The van der Waals surface area contributed by atoms with Crippen LogP contribution in [-0.4, -0.2) is 28.3 Å². The number of rotatable bonds is 4. The molecule has 0 heterocycles. The fourth-order valence-corrected chi connectivity index (χ4v) is 1.87. The summed E-state index contributed by atoms with van der Waals surface area (Å²) in [5.74, 6) is -1.49. The maximum atomic E-state index is 11.5. The molecule has 110 valence electrons. The van der Waals surface area contributed by atoms with Crippen molar-refractivity contribution in [2.24, 2.45) is 0 Å². The van der Waals surface area contributed by atoms with Crippen molar-refractivity contribution in [3.63, 3.8) is 0 Å². The summed E-state index contributed by atoms with van der Waals surface area (Å²) in [5.41, 5.74) is 1.64. The topological polar surface area (TPSA) is 102 Å². The van der Waals surface area contributed by atoms with Crippen LogP contribution in [0.25, 0.3) is 0 Å². The number of benzene rings is 2. The van der Waals surface area contributed by atoms with E-state index in [1.807, 2.05) is 0 Å². The summed E-state index contributed by atoms with van der Waals surface area (Å²) < 4.78 is 0. The Morgan fingerprint density at radius 2 is 1.86 bits per heavy atom. The molecule has 5 N–H and O–H groups in total. The average molecular weight is 288 g/mol. The van der Waals surface area contributed by atoms with Gasteiger partial charge in [-0.3, -0.25) is 4.79 Å². The zero-order valence-electron chi connectivity index (χ0n) is 11.4. The lowest BCUT2D eigenvalue weighted by Crippen LogP contribution is -2.17. The minimum Gasteiger partial charge on any atom is -0.504 e. The monoisotopic (exact) mass is 288 g/mol. The van der Waals surface area contributed by atoms with Gasteiger partial charge in [-0.2, -0.15) is 0 Å². The third kappa shape index (κ3) is 3.17. The molecule has 2 aromatic rings. The van der Waals surface area contributed by atoms with E-state index >= 15 is 0 Å². The van der Waals surface area contributed by atoms with Crippen LogP contribution in [-0.2, 0) is 6.54 Å². The molecule has 0 aliphatic carbocycles. The van der Waals surface area contributed by atoms with Crippen LogP contribution in [0.4, 0.5) is 5.69 Å². The van der Waals surface area contributed by atoms with Crippen molar-refractivity contribution in [2.75, 3.05) is 12.4 Å². The molecule has 0 unspecified atom stereocenters. The zero-order valence-corrected chi connectivity index (χ0v) is 11.4. The van der Waals surface area contributed by atoms with Crippen molar-refractivity contribution in [3.05, 3.63) is 47.5 Å². The molecule has 0 aliphatic rings. The lowest BCUT2D eigenvalue weighted by Gasteiger charge is -2.10. The van der Waals surface area contributed by atoms with Gasteiger partial charge in [0.25, 0.3) is 5.91 Å². The molecule has 0 radical (unpaired) electrons. The summed E-state index contributed by atoms with van der Waals surface area (Å²) in [6.07, 6.45) is 0. The SMILES string of the molecule is CNC(=O)c1cccc(NCc2ccc(O)c(O)c2O)c1. The second-order valence-electron chi connectivity index (χ2n) is 4.45. The van der Waals surface area contributed by atoms with Gasteiger partial charge in [-0.25, -0.2) is 0 Å². The van der Waals surface area contributed by atoms with Crippen LogP contribution in [0.2, 0.25) is 0 Å². The van der Waals surface area contributed by atoms with Crippen molar-refractivity contribution in [3.8, 4) is 17.2 Å². The maximum Gasteiger partial charge on any atom is 0.251 e. The van der Waals surface area contributed by atoms with Crippen LogP contribution in [0.3, 0.4) is 0 Å². The van der Waals surface area contributed by atoms with Gasteiger partial charge in [-0.05, 0) is 30.3 Å². The Kier molecular flexibility index (Phi) is 4.18. The number of hydrogen-bond acceptors (Lipinski definition) is 5. The van der Waals surface area contributed by atoms with E-state index in [9.17, 15) is 20.1 Å². The highest BCUT2D eigenvalue weighted by Gasteiger charge is 2.11. The molecular formula is C15H16N2O4. The number of anilines is 1. The number of nitrogens with one attached hydrogen (secondary N) is 2. The second-order valence-corrected chi connectivity index (χ2v) is 4.45. The normalized spacial score (nSPS) is 10.1. The standard InChI is InChI=1S/C15H16N2O4/c1-16-15(21)9-3-2-4-11(7-9)17-8-10-5-6-12(18)14(20)13(10)19/h2-7,17-20H,8H2,1H3,(H,16,21). The Hall–Kier alpha value is -2.89. The summed E-state index contributed by atoms with van der Waals surface area (Å²) in [5, 5.41) is 34.0. The molecule has 6 nitrogen and oxygen atoms in total. The number of hydrogen-bond donors (Lipinski definition) is 5. The number of phenols is 3. The highest BCUT2D eigenvalue weighted by atomic mass is 16.3. The van der Waals surface area contributed by atoms with Gasteiger partial charge in [0, 0.05) is 30.4 Å².